The van der Waals surface area contributed by atoms with Crippen molar-refractivity contribution >= 4 is 11.9 Å². The lowest BCUT2D eigenvalue weighted by Crippen LogP contribution is -1.37. The van der Waals surface area contributed by atoms with Crippen LogP contribution in [0.4, 0.5) is 0 Å². The van der Waals surface area contributed by atoms with Crippen LogP contribution in [-0.2, 0) is 0 Å². The Morgan fingerprint density at radius 3 is 3.29 bits per heavy atom. The summed E-state index contributed by atoms with van der Waals surface area (Å²) in [5, 5.41) is 5.48. The summed E-state index contributed by atoms with van der Waals surface area (Å²) in [6.45, 7) is 0. The van der Waals surface area contributed by atoms with Gasteiger partial charge in [-0.2, -0.15) is 5.11 Å². The van der Waals surface area contributed by atoms with Gasteiger partial charge in [-0.3, -0.25) is 0 Å². The van der Waals surface area contributed by atoms with Crippen LogP contribution in [0.25, 0.3) is 0 Å². The van der Waals surface area contributed by atoms with Gasteiger partial charge in [0.1, 0.15) is 0 Å². The molecule has 0 bridgehead atoms. The van der Waals surface area contributed by atoms with Crippen molar-refractivity contribution in [1.29, 1.82) is 0 Å². The molecule has 0 aromatic rings. The zero-order valence-electron chi connectivity index (χ0n) is 3.61. The van der Waals surface area contributed by atoms with Crippen molar-refractivity contribution in [3.8, 4) is 0 Å². The molecular formula is C4H4N2S. The standard InChI is InChI=1S/C4H4N2S/c1-2-4-7-6-5-3-1/h1-4H. The molecule has 0 aliphatic carbocycles. The number of hydrogen-bond donors (Lipinski definition) is 0. The topological polar surface area (TPSA) is 24.7 Å². The van der Waals surface area contributed by atoms with E-state index in [2.05, 4.69) is 9.63 Å². The molecule has 0 aromatic carbocycles. The first-order valence-corrected chi connectivity index (χ1v) is 2.71. The molecule has 0 spiro atoms. The first-order chi connectivity index (χ1) is 3.50. The summed E-state index contributed by atoms with van der Waals surface area (Å²) >= 11 is 1.33. The fraction of sp³-hybridized carbons (Fsp3) is 0. The van der Waals surface area contributed by atoms with Crippen LogP contribution < -0.4 is 0 Å². The van der Waals surface area contributed by atoms with Gasteiger partial charge in [0.05, 0.1) is 6.20 Å². The predicted octanol–water partition coefficient (Wildman–Crippen LogP) is 2.13. The second-order valence-electron chi connectivity index (χ2n) is 0.973. The van der Waals surface area contributed by atoms with Crippen LogP contribution in [0, 0.1) is 0 Å². The normalized spacial score (nSPS) is 17.1. The van der Waals surface area contributed by atoms with E-state index in [1.165, 1.54) is 11.9 Å². The lowest BCUT2D eigenvalue weighted by Gasteiger charge is -1.67. The molecule has 0 unspecified atom stereocenters. The predicted molar refractivity (Wildman–Crippen MR) is 30.7 cm³/mol. The Hall–Kier alpha value is -0.570. The maximum atomic E-state index is 3.64. The Bertz CT molecular complexity index is 112. The highest BCUT2D eigenvalue weighted by atomic mass is 32.2. The molecule has 1 aliphatic heterocycles. The van der Waals surface area contributed by atoms with Gasteiger partial charge in [0.15, 0.2) is 0 Å². The monoisotopic (exact) mass is 112 g/mol. The fourth-order valence-corrected chi connectivity index (χ4v) is 0.575. The van der Waals surface area contributed by atoms with Crippen molar-refractivity contribution in [2.75, 3.05) is 0 Å². The Kier molecular flexibility index (Phi) is 1.69. The van der Waals surface area contributed by atoms with E-state index in [1.807, 2.05) is 17.6 Å². The van der Waals surface area contributed by atoms with Gasteiger partial charge in [-0.15, -0.1) is 4.52 Å². The molecule has 0 saturated carbocycles. The lowest BCUT2D eigenvalue weighted by atomic mass is 10.6. The Balaban J connectivity index is 2.60. The van der Waals surface area contributed by atoms with Crippen LogP contribution >= 0.6 is 11.9 Å². The van der Waals surface area contributed by atoms with Gasteiger partial charge in [0.2, 0.25) is 0 Å². The Labute approximate surface area is 46.2 Å². The van der Waals surface area contributed by atoms with Gasteiger partial charge in [0.25, 0.3) is 0 Å². The third-order valence-corrected chi connectivity index (χ3v) is 0.965. The van der Waals surface area contributed by atoms with Crippen LogP contribution in [0.3, 0.4) is 0 Å². The highest BCUT2D eigenvalue weighted by molar-refractivity contribution is 8.00. The molecule has 0 radical (unpaired) electrons. The third-order valence-electron chi connectivity index (χ3n) is 0.498. The zero-order valence-corrected chi connectivity index (χ0v) is 4.43. The molecular weight excluding hydrogens is 108 g/mol. The Morgan fingerprint density at radius 2 is 2.29 bits per heavy atom. The van der Waals surface area contributed by atoms with Crippen LogP contribution in [-0.4, -0.2) is 0 Å². The average Bonchev–Trinajstić information content (AvgIpc) is 1.90. The molecule has 1 rings (SSSR count). The van der Waals surface area contributed by atoms with E-state index in [0.717, 1.165) is 0 Å². The molecule has 7 heavy (non-hydrogen) atoms. The van der Waals surface area contributed by atoms with Gasteiger partial charge in [-0.05, 0) is 11.5 Å². The quantitative estimate of drug-likeness (QED) is 0.440. The van der Waals surface area contributed by atoms with E-state index in [1.54, 1.807) is 6.20 Å². The van der Waals surface area contributed by atoms with Crippen LogP contribution in [0.2, 0.25) is 0 Å². The molecule has 0 fully saturated rings. The van der Waals surface area contributed by atoms with Crippen molar-refractivity contribution < 1.29 is 0 Å². The molecule has 0 saturated heterocycles. The van der Waals surface area contributed by atoms with Gasteiger partial charge in [0, 0.05) is 11.9 Å². The van der Waals surface area contributed by atoms with Crippen molar-refractivity contribution in [1.82, 2.24) is 0 Å². The lowest BCUT2D eigenvalue weighted by molar-refractivity contribution is 1.35. The summed E-state index contributed by atoms with van der Waals surface area (Å²) in [4.78, 5) is 0. The number of rotatable bonds is 0. The summed E-state index contributed by atoms with van der Waals surface area (Å²) in [5.74, 6) is 0. The van der Waals surface area contributed by atoms with Crippen LogP contribution in [0.15, 0.2) is 33.4 Å². The molecule has 0 N–H and O–H groups in total. The minimum atomic E-state index is 1.33. The molecule has 36 valence electrons. The highest BCUT2D eigenvalue weighted by Crippen LogP contribution is 2.06. The average molecular weight is 112 g/mol. The van der Waals surface area contributed by atoms with E-state index >= 15 is 0 Å². The van der Waals surface area contributed by atoms with E-state index < -0.39 is 0 Å². The first kappa shape index (κ1) is 4.59. The van der Waals surface area contributed by atoms with Crippen molar-refractivity contribution in [3.05, 3.63) is 23.8 Å². The summed E-state index contributed by atoms with van der Waals surface area (Å²) in [7, 11) is 0. The molecule has 1 aliphatic rings. The van der Waals surface area contributed by atoms with Gasteiger partial charge in [-0.1, -0.05) is 6.08 Å². The van der Waals surface area contributed by atoms with E-state index in [-0.39, 0.29) is 0 Å². The zero-order chi connectivity index (χ0) is 4.95. The van der Waals surface area contributed by atoms with E-state index in [0.29, 0.717) is 0 Å². The highest BCUT2D eigenvalue weighted by Gasteiger charge is 1.73. The molecule has 1 heterocycles. The second-order valence-corrected chi connectivity index (χ2v) is 1.62. The fourth-order valence-electron chi connectivity index (χ4n) is 0.250. The van der Waals surface area contributed by atoms with Crippen molar-refractivity contribution in [2.45, 2.75) is 0 Å². The molecule has 0 atom stereocenters. The Morgan fingerprint density at radius 1 is 1.29 bits per heavy atom. The van der Waals surface area contributed by atoms with Crippen LogP contribution in [0.1, 0.15) is 0 Å². The molecule has 2 nitrogen and oxygen atoms in total. The third kappa shape index (κ3) is 1.55. The summed E-state index contributed by atoms with van der Waals surface area (Å²) in [6.07, 6.45) is 5.38. The minimum absolute atomic E-state index is 1.33. The van der Waals surface area contributed by atoms with Gasteiger partial charge >= 0.3 is 0 Å². The van der Waals surface area contributed by atoms with E-state index in [4.69, 9.17) is 0 Å². The molecule has 3 heteroatoms. The van der Waals surface area contributed by atoms with Gasteiger partial charge in [-0.25, -0.2) is 0 Å². The number of hydrogen-bond acceptors (Lipinski definition) is 3. The first-order valence-electron chi connectivity index (χ1n) is 1.88. The molecule has 0 aromatic heterocycles. The van der Waals surface area contributed by atoms with Crippen molar-refractivity contribution in [2.24, 2.45) is 9.63 Å². The SMILES string of the molecule is C1=CN=NSC=C1. The number of nitrogens with zero attached hydrogens (tertiary/aromatic N) is 2. The van der Waals surface area contributed by atoms with Gasteiger partial charge < -0.3 is 0 Å². The smallest absolute Gasteiger partial charge is 0.0502 e. The van der Waals surface area contributed by atoms with Crippen molar-refractivity contribution in [3.63, 3.8) is 0 Å². The second kappa shape index (κ2) is 2.58. The summed E-state index contributed by atoms with van der Waals surface area (Å²) in [5.41, 5.74) is 0. The van der Waals surface area contributed by atoms with Crippen LogP contribution in [0.5, 0.6) is 0 Å². The maximum absolute atomic E-state index is 3.64. The number of allylic oxidation sites excluding steroid dienone is 2. The van der Waals surface area contributed by atoms with E-state index in [9.17, 15) is 0 Å². The summed E-state index contributed by atoms with van der Waals surface area (Å²) in [6, 6.07) is 0. The largest absolute Gasteiger partial charge is 0.151 e. The maximum Gasteiger partial charge on any atom is 0.0502 e. The minimum Gasteiger partial charge on any atom is -0.151 e. The molecule has 0 amide bonds. The summed E-state index contributed by atoms with van der Waals surface area (Å²) < 4.78 is 3.64.